The predicted molar refractivity (Wildman–Crippen MR) is 165 cm³/mol. The minimum atomic E-state index is -4.00. The summed E-state index contributed by atoms with van der Waals surface area (Å²) < 4.78 is 42.1. The Hall–Kier alpha value is -4.25. The number of hydrogen-bond acceptors (Lipinski definition) is 5. The Morgan fingerprint density at radius 1 is 0.814 bits per heavy atom. The molecular weight excluding hydrogens is 591 g/mol. The Balaban J connectivity index is 1.21. The summed E-state index contributed by atoms with van der Waals surface area (Å²) in [5, 5.41) is 3.20. The van der Waals surface area contributed by atoms with Crippen LogP contribution in [0.25, 0.3) is 0 Å². The van der Waals surface area contributed by atoms with Crippen molar-refractivity contribution in [3.05, 3.63) is 125 Å². The average Bonchev–Trinajstić information content (AvgIpc) is 3.02. The van der Waals surface area contributed by atoms with E-state index in [0.29, 0.717) is 36.9 Å². The molecule has 4 aromatic rings. The van der Waals surface area contributed by atoms with E-state index in [4.69, 9.17) is 11.6 Å². The van der Waals surface area contributed by atoms with Crippen LogP contribution in [0.2, 0.25) is 5.02 Å². The number of amides is 2. The molecule has 0 aromatic heterocycles. The third kappa shape index (κ3) is 7.40. The summed E-state index contributed by atoms with van der Waals surface area (Å²) in [5.74, 6) is -1.34. The molecule has 11 heteroatoms. The molecule has 0 aliphatic carbocycles. The van der Waals surface area contributed by atoms with Crippen LogP contribution < -0.4 is 10.2 Å². The molecule has 222 valence electrons. The fraction of sp³-hybridized carbons (Fsp3) is 0.188. The molecule has 1 fully saturated rings. The van der Waals surface area contributed by atoms with E-state index >= 15 is 0 Å². The molecular formula is C32H30ClFN4O4S. The molecule has 1 aliphatic rings. The highest BCUT2D eigenvalue weighted by Crippen LogP contribution is 2.23. The van der Waals surface area contributed by atoms with E-state index in [2.05, 4.69) is 10.2 Å². The van der Waals surface area contributed by atoms with Crippen LogP contribution in [-0.4, -0.2) is 62.2 Å². The maximum atomic E-state index is 14.1. The quantitative estimate of drug-likeness (QED) is 0.275. The van der Waals surface area contributed by atoms with Crippen LogP contribution in [0.4, 0.5) is 15.8 Å². The van der Waals surface area contributed by atoms with Gasteiger partial charge in [0.15, 0.2) is 0 Å². The van der Waals surface area contributed by atoms with Crippen molar-refractivity contribution in [1.82, 2.24) is 9.21 Å². The third-order valence-electron chi connectivity index (χ3n) is 7.16. The van der Waals surface area contributed by atoms with Crippen molar-refractivity contribution in [2.75, 3.05) is 42.9 Å². The first kappa shape index (κ1) is 30.2. The van der Waals surface area contributed by atoms with E-state index < -0.39 is 21.7 Å². The molecule has 2 amide bonds. The SMILES string of the molecule is O=C(CN(Cc1ccccc1)S(=O)(=O)c1ccc(Cl)cc1)Nc1ccc(N2CCN(C(=O)c3ccccc3F)CC2)cc1. The zero-order valence-corrected chi connectivity index (χ0v) is 24.8. The van der Waals surface area contributed by atoms with Gasteiger partial charge in [-0.1, -0.05) is 54.1 Å². The zero-order chi connectivity index (χ0) is 30.4. The van der Waals surface area contributed by atoms with Crippen molar-refractivity contribution < 1.29 is 22.4 Å². The van der Waals surface area contributed by atoms with Gasteiger partial charge in [0.25, 0.3) is 5.91 Å². The summed E-state index contributed by atoms with van der Waals surface area (Å²) in [5.41, 5.74) is 2.24. The molecule has 1 heterocycles. The summed E-state index contributed by atoms with van der Waals surface area (Å²) in [6, 6.07) is 28.1. The maximum Gasteiger partial charge on any atom is 0.256 e. The monoisotopic (exact) mass is 620 g/mol. The van der Waals surface area contributed by atoms with Gasteiger partial charge in [0, 0.05) is 49.1 Å². The summed E-state index contributed by atoms with van der Waals surface area (Å²) >= 11 is 5.95. The third-order valence-corrected chi connectivity index (χ3v) is 9.22. The van der Waals surface area contributed by atoms with E-state index in [0.717, 1.165) is 15.6 Å². The number of benzene rings is 4. The highest BCUT2D eigenvalue weighted by atomic mass is 35.5. The number of piperazine rings is 1. The largest absolute Gasteiger partial charge is 0.368 e. The first-order valence-electron chi connectivity index (χ1n) is 13.7. The highest BCUT2D eigenvalue weighted by Gasteiger charge is 2.27. The Kier molecular flexibility index (Phi) is 9.40. The van der Waals surface area contributed by atoms with Gasteiger partial charge >= 0.3 is 0 Å². The number of hydrogen-bond donors (Lipinski definition) is 1. The molecule has 0 radical (unpaired) electrons. The number of anilines is 2. The second-order valence-electron chi connectivity index (χ2n) is 10.1. The van der Waals surface area contributed by atoms with Crippen LogP contribution in [-0.2, 0) is 21.4 Å². The number of carbonyl (C=O) groups excluding carboxylic acids is 2. The average molecular weight is 621 g/mol. The lowest BCUT2D eigenvalue weighted by molar-refractivity contribution is -0.116. The molecule has 4 aromatic carbocycles. The summed E-state index contributed by atoms with van der Waals surface area (Å²) in [7, 11) is -4.00. The smallest absolute Gasteiger partial charge is 0.256 e. The zero-order valence-electron chi connectivity index (χ0n) is 23.2. The number of halogens is 2. The second-order valence-corrected chi connectivity index (χ2v) is 12.4. The highest BCUT2D eigenvalue weighted by molar-refractivity contribution is 7.89. The van der Waals surface area contributed by atoms with Gasteiger partial charge in [-0.3, -0.25) is 9.59 Å². The molecule has 8 nitrogen and oxygen atoms in total. The molecule has 0 atom stereocenters. The van der Waals surface area contributed by atoms with Crippen molar-refractivity contribution in [2.24, 2.45) is 0 Å². The lowest BCUT2D eigenvalue weighted by Crippen LogP contribution is -2.49. The molecule has 0 spiro atoms. The number of carbonyl (C=O) groups is 2. The van der Waals surface area contributed by atoms with E-state index in [1.165, 1.54) is 36.4 Å². The molecule has 0 unspecified atom stereocenters. The molecule has 1 aliphatic heterocycles. The Morgan fingerprint density at radius 3 is 2.09 bits per heavy atom. The maximum absolute atomic E-state index is 14.1. The summed E-state index contributed by atoms with van der Waals surface area (Å²) in [6.45, 7) is 1.67. The number of nitrogens with zero attached hydrogens (tertiary/aromatic N) is 3. The van der Waals surface area contributed by atoms with Crippen molar-refractivity contribution in [3.8, 4) is 0 Å². The molecule has 0 bridgehead atoms. The molecule has 1 N–H and O–H groups in total. The van der Waals surface area contributed by atoms with Gasteiger partial charge in [-0.05, 0) is 66.2 Å². The Labute approximate surface area is 255 Å². The predicted octanol–water partition coefficient (Wildman–Crippen LogP) is 5.27. The molecule has 5 rings (SSSR count). The van der Waals surface area contributed by atoms with Crippen molar-refractivity contribution in [2.45, 2.75) is 11.4 Å². The van der Waals surface area contributed by atoms with Gasteiger partial charge in [-0.2, -0.15) is 4.31 Å². The molecule has 0 saturated carbocycles. The van der Waals surface area contributed by atoms with Gasteiger partial charge in [0.2, 0.25) is 15.9 Å². The minimum absolute atomic E-state index is 0.0174. The topological polar surface area (TPSA) is 90.0 Å². The van der Waals surface area contributed by atoms with Gasteiger partial charge in [0.1, 0.15) is 5.82 Å². The Morgan fingerprint density at radius 2 is 1.44 bits per heavy atom. The van der Waals surface area contributed by atoms with E-state index in [9.17, 15) is 22.4 Å². The summed E-state index contributed by atoms with van der Waals surface area (Å²) in [6.07, 6.45) is 0. The summed E-state index contributed by atoms with van der Waals surface area (Å²) in [4.78, 5) is 29.6. The molecule has 43 heavy (non-hydrogen) atoms. The van der Waals surface area contributed by atoms with Gasteiger partial charge in [-0.15, -0.1) is 0 Å². The first-order valence-corrected chi connectivity index (χ1v) is 15.5. The van der Waals surface area contributed by atoms with Crippen molar-refractivity contribution >= 4 is 44.8 Å². The minimum Gasteiger partial charge on any atom is -0.368 e. The van der Waals surface area contributed by atoms with E-state index in [-0.39, 0.29) is 29.5 Å². The first-order chi connectivity index (χ1) is 20.7. The van der Waals surface area contributed by atoms with Gasteiger partial charge < -0.3 is 15.1 Å². The van der Waals surface area contributed by atoms with Crippen LogP contribution in [0.3, 0.4) is 0 Å². The number of rotatable bonds is 9. The van der Waals surface area contributed by atoms with E-state index in [1.54, 1.807) is 41.3 Å². The standard InChI is InChI=1S/C32H30ClFN4O4S/c33-25-10-16-28(17-11-25)43(41,42)38(22-24-6-2-1-3-7-24)23-31(39)35-26-12-14-27(15-13-26)36-18-20-37(21-19-36)32(40)29-8-4-5-9-30(29)34/h1-17H,18-23H2,(H,35,39). The van der Waals surface area contributed by atoms with Crippen LogP contribution in [0.5, 0.6) is 0 Å². The lowest BCUT2D eigenvalue weighted by Gasteiger charge is -2.36. The van der Waals surface area contributed by atoms with Crippen LogP contribution in [0.15, 0.2) is 108 Å². The van der Waals surface area contributed by atoms with Gasteiger partial charge in [0.05, 0.1) is 17.0 Å². The Bertz CT molecular complexity index is 1680. The van der Waals surface area contributed by atoms with Crippen LogP contribution in [0.1, 0.15) is 15.9 Å². The number of nitrogens with one attached hydrogen (secondary N) is 1. The lowest BCUT2D eigenvalue weighted by atomic mass is 10.1. The van der Waals surface area contributed by atoms with Crippen molar-refractivity contribution in [3.63, 3.8) is 0 Å². The molecule has 1 saturated heterocycles. The van der Waals surface area contributed by atoms with E-state index in [1.807, 2.05) is 30.3 Å². The normalized spacial score (nSPS) is 13.7. The second kappa shape index (κ2) is 13.4. The number of sulfonamides is 1. The van der Waals surface area contributed by atoms with Crippen molar-refractivity contribution in [1.29, 1.82) is 0 Å². The van der Waals surface area contributed by atoms with Gasteiger partial charge in [-0.25, -0.2) is 12.8 Å². The fourth-order valence-electron chi connectivity index (χ4n) is 4.86. The fourth-order valence-corrected chi connectivity index (χ4v) is 6.37. The van der Waals surface area contributed by atoms with Crippen LogP contribution >= 0.6 is 11.6 Å². The van der Waals surface area contributed by atoms with Crippen LogP contribution in [0, 0.1) is 5.82 Å².